The first-order valence-electron chi connectivity index (χ1n) is 11.3. The maximum Gasteiger partial charge on any atom is 0.410 e. The van der Waals surface area contributed by atoms with Crippen molar-refractivity contribution in [2.75, 3.05) is 13.6 Å². The Hall–Kier alpha value is -4.29. The Morgan fingerprint density at radius 3 is 2.37 bits per heavy atom. The summed E-state index contributed by atoms with van der Waals surface area (Å²) in [5.74, 6) is -0.604. The monoisotopic (exact) mass is 544 g/mol. The number of amidine groups is 1. The van der Waals surface area contributed by atoms with Crippen LogP contribution < -0.4 is 14.3 Å². The number of quaternary nitrogens is 1. The molecule has 0 fully saturated rings. The highest BCUT2D eigenvalue weighted by Crippen LogP contribution is 2.32. The van der Waals surface area contributed by atoms with Crippen molar-refractivity contribution in [1.82, 2.24) is 9.38 Å². The van der Waals surface area contributed by atoms with Gasteiger partial charge in [0.25, 0.3) is 11.8 Å². The molecule has 1 aliphatic heterocycles. The Kier molecular flexibility index (Phi) is 8.18. The lowest BCUT2D eigenvalue weighted by Gasteiger charge is -2.32. The second-order valence-corrected chi connectivity index (χ2v) is 9.70. The van der Waals surface area contributed by atoms with E-state index in [0.29, 0.717) is 0 Å². The topological polar surface area (TPSA) is 151 Å². The van der Waals surface area contributed by atoms with Gasteiger partial charge >= 0.3 is 12.1 Å². The summed E-state index contributed by atoms with van der Waals surface area (Å²) in [6, 6.07) is 9.09. The molecule has 12 nitrogen and oxygen atoms in total. The van der Waals surface area contributed by atoms with Crippen molar-refractivity contribution in [2.24, 2.45) is 4.99 Å². The lowest BCUT2D eigenvalue weighted by molar-refractivity contribution is -0.384. The van der Waals surface area contributed by atoms with Gasteiger partial charge in [-0.05, 0) is 45.0 Å². The third kappa shape index (κ3) is 6.15. The minimum absolute atomic E-state index is 0.0687. The number of amides is 2. The zero-order valence-corrected chi connectivity index (χ0v) is 21.8. The Balaban J connectivity index is 1.76. The average molecular weight is 545 g/mol. The quantitative estimate of drug-likeness (QED) is 0.165. The molecule has 0 saturated carbocycles. The summed E-state index contributed by atoms with van der Waals surface area (Å²) in [6.07, 6.45) is 0.720. The highest BCUT2D eigenvalue weighted by atomic mass is 35.5. The van der Waals surface area contributed by atoms with Gasteiger partial charge in [0.1, 0.15) is 28.3 Å². The van der Waals surface area contributed by atoms with Gasteiger partial charge in [0.2, 0.25) is 5.84 Å². The molecule has 1 heterocycles. The van der Waals surface area contributed by atoms with Crippen LogP contribution in [0, 0.1) is 10.1 Å². The predicted octanol–water partition coefficient (Wildman–Crippen LogP) is 4.26. The SMILES string of the molecule is CN(CCC1=NC=C[N+]1(C(=O)[O-])c1ccc(OC(=O)c2ccc(Cl)c([N+](=O)[O-])c2)cc1)C(=O)OC(C)(C)C. The number of esters is 1. The van der Waals surface area contributed by atoms with Gasteiger partial charge in [-0.2, -0.15) is 4.48 Å². The molecule has 2 aromatic rings. The normalized spacial score (nSPS) is 16.5. The van der Waals surface area contributed by atoms with Crippen molar-refractivity contribution >= 4 is 47.0 Å². The van der Waals surface area contributed by atoms with Crippen LogP contribution in [0.15, 0.2) is 59.9 Å². The number of hydrogen-bond acceptors (Lipinski definition) is 9. The number of halogens is 1. The highest BCUT2D eigenvalue weighted by molar-refractivity contribution is 6.32. The Bertz CT molecular complexity index is 1330. The highest BCUT2D eigenvalue weighted by Gasteiger charge is 2.41. The van der Waals surface area contributed by atoms with E-state index in [4.69, 9.17) is 21.1 Å². The van der Waals surface area contributed by atoms with E-state index in [1.165, 1.54) is 60.7 Å². The molecule has 0 spiro atoms. The van der Waals surface area contributed by atoms with Crippen LogP contribution in [-0.2, 0) is 4.74 Å². The fraction of sp³-hybridized carbons (Fsp3) is 0.280. The van der Waals surface area contributed by atoms with Crippen LogP contribution in [0.3, 0.4) is 0 Å². The van der Waals surface area contributed by atoms with Gasteiger partial charge in [-0.1, -0.05) is 11.6 Å². The third-order valence-corrected chi connectivity index (χ3v) is 5.74. The summed E-state index contributed by atoms with van der Waals surface area (Å²) in [7, 11) is 1.53. The fourth-order valence-electron chi connectivity index (χ4n) is 3.54. The standard InChI is InChI=1S/C25H25ClN4O8/c1-25(2,3)38-23(32)28(4)13-11-21-27-12-14-30(21,24(33)34)17-6-8-18(9-7-17)37-22(31)16-5-10-19(26)20(15-16)29(35)36/h5-10,12,14-15H,11,13H2,1-4H3. The molecular formula is C25H25ClN4O8. The number of hydrogen-bond donors (Lipinski definition) is 0. The molecule has 0 aliphatic carbocycles. The van der Waals surface area contributed by atoms with Gasteiger partial charge in [0, 0.05) is 31.8 Å². The van der Waals surface area contributed by atoms with Crippen molar-refractivity contribution in [3.05, 3.63) is 75.6 Å². The van der Waals surface area contributed by atoms with Crippen LogP contribution in [0.25, 0.3) is 0 Å². The number of rotatable bonds is 7. The lowest BCUT2D eigenvalue weighted by atomic mass is 10.2. The van der Waals surface area contributed by atoms with Crippen LogP contribution in [0.1, 0.15) is 37.6 Å². The second-order valence-electron chi connectivity index (χ2n) is 9.29. The maximum atomic E-state index is 12.5. The molecule has 0 bridgehead atoms. The van der Waals surface area contributed by atoms with Crippen molar-refractivity contribution < 1.29 is 33.9 Å². The largest absolute Gasteiger partial charge is 0.497 e. The number of nitro groups is 1. The molecule has 200 valence electrons. The zero-order valence-electron chi connectivity index (χ0n) is 21.0. The molecule has 0 N–H and O–H groups in total. The molecule has 0 radical (unpaired) electrons. The molecule has 38 heavy (non-hydrogen) atoms. The molecule has 2 aromatic carbocycles. The van der Waals surface area contributed by atoms with Crippen LogP contribution in [0.5, 0.6) is 5.75 Å². The van der Waals surface area contributed by atoms with Gasteiger partial charge in [-0.3, -0.25) is 10.1 Å². The van der Waals surface area contributed by atoms with Crippen LogP contribution >= 0.6 is 11.6 Å². The number of aliphatic imine (C=N–C) groups is 1. The first-order chi connectivity index (χ1) is 17.7. The minimum Gasteiger partial charge on any atom is -0.497 e. The van der Waals surface area contributed by atoms with E-state index in [-0.39, 0.29) is 40.8 Å². The van der Waals surface area contributed by atoms with Crippen molar-refractivity contribution in [1.29, 1.82) is 0 Å². The Morgan fingerprint density at radius 2 is 1.79 bits per heavy atom. The molecule has 0 saturated heterocycles. The van der Waals surface area contributed by atoms with E-state index >= 15 is 0 Å². The summed E-state index contributed by atoms with van der Waals surface area (Å²) in [5.41, 5.74) is -0.980. The van der Waals surface area contributed by atoms with Crippen molar-refractivity contribution in [2.45, 2.75) is 32.8 Å². The molecule has 1 unspecified atom stereocenters. The predicted molar refractivity (Wildman–Crippen MR) is 137 cm³/mol. The Labute approximate surface area is 223 Å². The van der Waals surface area contributed by atoms with Gasteiger partial charge in [0.05, 0.1) is 23.1 Å². The first kappa shape index (κ1) is 28.3. The molecular weight excluding hydrogens is 520 g/mol. The van der Waals surface area contributed by atoms with E-state index in [2.05, 4.69) is 4.99 Å². The summed E-state index contributed by atoms with van der Waals surface area (Å²) in [5, 5.41) is 23.3. The number of nitro benzene ring substituents is 1. The molecule has 13 heteroatoms. The molecule has 3 rings (SSSR count). The van der Waals surface area contributed by atoms with E-state index < -0.39 is 38.9 Å². The van der Waals surface area contributed by atoms with Crippen LogP contribution in [-0.4, -0.2) is 53.0 Å². The molecule has 0 aromatic heterocycles. The number of carbonyl (C=O) groups is 3. The fourth-order valence-corrected chi connectivity index (χ4v) is 3.72. The zero-order chi connectivity index (χ0) is 28.3. The smallest absolute Gasteiger partial charge is 0.410 e. The third-order valence-electron chi connectivity index (χ3n) is 5.42. The number of carbonyl (C=O) groups excluding carboxylic acids is 3. The van der Waals surface area contributed by atoms with Gasteiger partial charge < -0.3 is 24.3 Å². The maximum absolute atomic E-state index is 12.5. The van der Waals surface area contributed by atoms with Crippen molar-refractivity contribution in [3.8, 4) is 5.75 Å². The summed E-state index contributed by atoms with van der Waals surface area (Å²) in [6.45, 7) is 5.34. The number of carboxylic acid groups (broad SMARTS) is 1. The van der Waals surface area contributed by atoms with E-state index in [0.717, 1.165) is 6.07 Å². The number of benzene rings is 2. The van der Waals surface area contributed by atoms with Crippen LogP contribution in [0.2, 0.25) is 5.02 Å². The molecule has 1 aliphatic rings. The molecule has 1 atom stereocenters. The number of ether oxygens (including phenoxy) is 2. The second kappa shape index (κ2) is 11.0. The molecule has 2 amide bonds. The summed E-state index contributed by atoms with van der Waals surface area (Å²) < 4.78 is 9.75. The lowest BCUT2D eigenvalue weighted by Crippen LogP contribution is -2.59. The first-order valence-corrected chi connectivity index (χ1v) is 11.7. The summed E-state index contributed by atoms with van der Waals surface area (Å²) in [4.78, 5) is 52.9. The van der Waals surface area contributed by atoms with E-state index in [9.17, 15) is 29.6 Å². The van der Waals surface area contributed by atoms with E-state index in [1.807, 2.05) is 0 Å². The van der Waals surface area contributed by atoms with E-state index in [1.54, 1.807) is 20.8 Å². The average Bonchev–Trinajstić information content (AvgIpc) is 3.27. The van der Waals surface area contributed by atoms with Crippen LogP contribution in [0.4, 0.5) is 21.0 Å². The summed E-state index contributed by atoms with van der Waals surface area (Å²) >= 11 is 5.78. The van der Waals surface area contributed by atoms with Gasteiger partial charge in [-0.25, -0.2) is 14.6 Å². The van der Waals surface area contributed by atoms with Gasteiger partial charge in [0.15, 0.2) is 0 Å². The number of nitrogens with zero attached hydrogens (tertiary/aromatic N) is 4. The van der Waals surface area contributed by atoms with Gasteiger partial charge in [-0.15, -0.1) is 0 Å². The van der Waals surface area contributed by atoms with Crippen molar-refractivity contribution in [3.63, 3.8) is 0 Å². The minimum atomic E-state index is -1.48. The Morgan fingerprint density at radius 1 is 1.13 bits per heavy atom.